The highest BCUT2D eigenvalue weighted by molar-refractivity contribution is 6.00. The Bertz CT molecular complexity index is 1180. The molecule has 0 N–H and O–H groups in total. The second kappa shape index (κ2) is 9.33. The molecule has 2 aliphatic rings. The fourth-order valence-corrected chi connectivity index (χ4v) is 5.19. The number of imidazole rings is 1. The van der Waals surface area contributed by atoms with Crippen LogP contribution in [0.4, 0.5) is 11.4 Å². The van der Waals surface area contributed by atoms with Gasteiger partial charge in [0.15, 0.2) is 0 Å². The molecule has 0 radical (unpaired) electrons. The number of amides is 2. The van der Waals surface area contributed by atoms with Gasteiger partial charge >= 0.3 is 0 Å². The fraction of sp³-hybridized carbons (Fsp3) is 0.370. The van der Waals surface area contributed by atoms with Crippen LogP contribution in [0.25, 0.3) is 0 Å². The summed E-state index contributed by atoms with van der Waals surface area (Å²) in [5.41, 5.74) is 4.55. The Hall–Kier alpha value is -3.61. The summed E-state index contributed by atoms with van der Waals surface area (Å²) in [5.74, 6) is -0.0435. The minimum atomic E-state index is -0.605. The molecule has 0 saturated carbocycles. The Kier molecular flexibility index (Phi) is 6.09. The minimum absolute atomic E-state index is 0.00951. The third-order valence-electron chi connectivity index (χ3n) is 7.00. The van der Waals surface area contributed by atoms with Crippen LogP contribution < -0.4 is 9.80 Å². The number of para-hydroxylation sites is 1. The number of piperazine rings is 1. The highest BCUT2D eigenvalue weighted by atomic mass is 16.2. The van der Waals surface area contributed by atoms with Crippen molar-refractivity contribution in [2.75, 3.05) is 36.0 Å². The third-order valence-corrected chi connectivity index (χ3v) is 7.00. The molecular weight excluding hydrogens is 426 g/mol. The summed E-state index contributed by atoms with van der Waals surface area (Å²) in [6.45, 7) is 6.96. The van der Waals surface area contributed by atoms with Crippen LogP contribution in [0.3, 0.4) is 0 Å². The van der Waals surface area contributed by atoms with Gasteiger partial charge in [0, 0.05) is 56.0 Å². The first-order valence-corrected chi connectivity index (χ1v) is 12.0. The van der Waals surface area contributed by atoms with E-state index in [0.29, 0.717) is 19.6 Å². The lowest BCUT2D eigenvalue weighted by Gasteiger charge is -2.41. The second-order valence-electron chi connectivity index (χ2n) is 9.32. The van der Waals surface area contributed by atoms with E-state index in [9.17, 15) is 9.59 Å². The van der Waals surface area contributed by atoms with Crippen molar-refractivity contribution in [3.8, 4) is 0 Å². The zero-order chi connectivity index (χ0) is 23.7. The van der Waals surface area contributed by atoms with Gasteiger partial charge in [-0.1, -0.05) is 30.3 Å². The van der Waals surface area contributed by atoms with Crippen LogP contribution in [-0.2, 0) is 16.0 Å². The van der Waals surface area contributed by atoms with Crippen molar-refractivity contribution in [1.29, 1.82) is 0 Å². The molecular formula is C27H31N5O2. The topological polar surface area (TPSA) is 61.7 Å². The highest BCUT2D eigenvalue weighted by Gasteiger charge is 2.35. The number of hydrogen-bond acceptors (Lipinski definition) is 4. The number of anilines is 2. The Morgan fingerprint density at radius 2 is 1.94 bits per heavy atom. The molecule has 1 fully saturated rings. The fourth-order valence-electron chi connectivity index (χ4n) is 5.19. The number of benzene rings is 2. The normalized spacial score (nSPS) is 18.6. The van der Waals surface area contributed by atoms with Crippen LogP contribution in [-0.4, -0.2) is 58.5 Å². The van der Waals surface area contributed by atoms with Crippen molar-refractivity contribution in [3.63, 3.8) is 0 Å². The van der Waals surface area contributed by atoms with Crippen LogP contribution in [0.1, 0.15) is 30.5 Å². The maximum atomic E-state index is 13.7. The van der Waals surface area contributed by atoms with Crippen molar-refractivity contribution in [3.05, 3.63) is 78.4 Å². The number of hydrogen-bond donors (Lipinski definition) is 0. The summed E-state index contributed by atoms with van der Waals surface area (Å²) in [6, 6.07) is 16.1. The Labute approximate surface area is 200 Å². The van der Waals surface area contributed by atoms with Crippen molar-refractivity contribution in [1.82, 2.24) is 14.5 Å². The summed E-state index contributed by atoms with van der Waals surface area (Å²) in [4.78, 5) is 37.3. The smallest absolute Gasteiger partial charge is 0.250 e. The van der Waals surface area contributed by atoms with Gasteiger partial charge < -0.3 is 19.3 Å². The first kappa shape index (κ1) is 22.2. The highest BCUT2D eigenvalue weighted by Crippen LogP contribution is 2.31. The zero-order valence-corrected chi connectivity index (χ0v) is 19.8. The van der Waals surface area contributed by atoms with Crippen LogP contribution in [0.2, 0.25) is 0 Å². The van der Waals surface area contributed by atoms with Crippen LogP contribution >= 0.6 is 0 Å². The molecule has 7 heteroatoms. The summed E-state index contributed by atoms with van der Waals surface area (Å²) in [6.07, 6.45) is 6.04. The molecule has 1 saturated heterocycles. The molecule has 176 valence electrons. The number of aryl methyl sites for hydroxylation is 1. The molecule has 5 rings (SSSR count). The van der Waals surface area contributed by atoms with Crippen molar-refractivity contribution < 1.29 is 9.59 Å². The molecule has 0 bridgehead atoms. The molecule has 2 aromatic carbocycles. The van der Waals surface area contributed by atoms with E-state index >= 15 is 0 Å². The minimum Gasteiger partial charge on any atom is -0.365 e. The predicted octanol–water partition coefficient (Wildman–Crippen LogP) is 3.45. The molecule has 2 aliphatic heterocycles. The van der Waals surface area contributed by atoms with Crippen molar-refractivity contribution >= 4 is 23.2 Å². The Balaban J connectivity index is 1.30. The molecule has 0 spiro atoms. The molecule has 2 amide bonds. The van der Waals surface area contributed by atoms with E-state index in [2.05, 4.69) is 54.1 Å². The lowest BCUT2D eigenvalue weighted by atomic mass is 10.1. The van der Waals surface area contributed by atoms with E-state index < -0.39 is 6.04 Å². The first-order valence-electron chi connectivity index (χ1n) is 12.0. The predicted molar refractivity (Wildman–Crippen MR) is 133 cm³/mol. The summed E-state index contributed by atoms with van der Waals surface area (Å²) < 4.78 is 1.77. The number of nitrogens with zero attached hydrogens (tertiary/aromatic N) is 5. The van der Waals surface area contributed by atoms with Gasteiger partial charge in [-0.25, -0.2) is 4.98 Å². The number of carbonyl (C=O) groups is 2. The summed E-state index contributed by atoms with van der Waals surface area (Å²) in [7, 11) is 0. The lowest BCUT2D eigenvalue weighted by molar-refractivity contribution is -0.135. The number of rotatable bonds is 5. The van der Waals surface area contributed by atoms with E-state index in [1.165, 1.54) is 16.8 Å². The van der Waals surface area contributed by atoms with Gasteiger partial charge in [-0.05, 0) is 49.6 Å². The number of aromatic nitrogens is 2. The number of carbonyl (C=O) groups excluding carboxylic acids is 2. The molecule has 2 unspecified atom stereocenters. The maximum absolute atomic E-state index is 13.7. The zero-order valence-electron chi connectivity index (χ0n) is 19.8. The van der Waals surface area contributed by atoms with Crippen LogP contribution in [0.15, 0.2) is 67.3 Å². The Morgan fingerprint density at radius 1 is 1.09 bits per heavy atom. The molecule has 3 heterocycles. The molecule has 34 heavy (non-hydrogen) atoms. The standard InChI is InChI=1S/C27H31N5O2/c1-20-6-5-8-23(16-20)31-15-14-29(18-21(31)2)26(33)17-25(30-13-11-28-19-30)27(34)32-12-10-22-7-3-4-9-24(22)32/h3-9,11,13,16,19,21,25H,10,12,14-15,17-18H2,1-2H3. The quantitative estimate of drug-likeness (QED) is 0.589. The van der Waals surface area contributed by atoms with Gasteiger partial charge in [0.1, 0.15) is 6.04 Å². The average molecular weight is 458 g/mol. The SMILES string of the molecule is Cc1cccc(N2CCN(C(=O)CC(C(=O)N3CCc4ccccc43)n3ccnc3)CC2C)c1. The van der Waals surface area contributed by atoms with E-state index in [-0.39, 0.29) is 24.3 Å². The summed E-state index contributed by atoms with van der Waals surface area (Å²) >= 11 is 0. The maximum Gasteiger partial charge on any atom is 0.250 e. The number of fused-ring (bicyclic) bond motifs is 1. The first-order chi connectivity index (χ1) is 16.5. The molecule has 3 aromatic rings. The molecule has 1 aromatic heterocycles. The molecule has 0 aliphatic carbocycles. The monoisotopic (exact) mass is 457 g/mol. The third kappa shape index (κ3) is 4.30. The van der Waals surface area contributed by atoms with Gasteiger partial charge in [0.2, 0.25) is 5.91 Å². The average Bonchev–Trinajstić information content (AvgIpc) is 3.52. The van der Waals surface area contributed by atoms with E-state index in [1.807, 2.05) is 28.0 Å². The van der Waals surface area contributed by atoms with Gasteiger partial charge in [0.05, 0.1) is 12.7 Å². The van der Waals surface area contributed by atoms with Gasteiger partial charge in [-0.3, -0.25) is 9.59 Å². The Morgan fingerprint density at radius 3 is 2.71 bits per heavy atom. The van der Waals surface area contributed by atoms with Crippen molar-refractivity contribution in [2.24, 2.45) is 0 Å². The van der Waals surface area contributed by atoms with Gasteiger partial charge in [-0.2, -0.15) is 0 Å². The molecule has 2 atom stereocenters. The van der Waals surface area contributed by atoms with E-state index in [1.54, 1.807) is 23.3 Å². The van der Waals surface area contributed by atoms with Gasteiger partial charge in [0.25, 0.3) is 5.91 Å². The molecule has 7 nitrogen and oxygen atoms in total. The second-order valence-corrected chi connectivity index (χ2v) is 9.32. The lowest BCUT2D eigenvalue weighted by Crippen LogP contribution is -2.54. The largest absolute Gasteiger partial charge is 0.365 e. The van der Waals surface area contributed by atoms with E-state index in [0.717, 1.165) is 18.7 Å². The summed E-state index contributed by atoms with van der Waals surface area (Å²) in [5, 5.41) is 0. The van der Waals surface area contributed by atoms with Crippen LogP contribution in [0.5, 0.6) is 0 Å². The van der Waals surface area contributed by atoms with E-state index in [4.69, 9.17) is 0 Å². The van der Waals surface area contributed by atoms with Crippen LogP contribution in [0, 0.1) is 6.92 Å². The van der Waals surface area contributed by atoms with Gasteiger partial charge in [-0.15, -0.1) is 0 Å². The van der Waals surface area contributed by atoms with Crippen molar-refractivity contribution in [2.45, 2.75) is 38.8 Å².